The highest BCUT2D eigenvalue weighted by atomic mass is 16.4. The number of carboxylic acid groups (broad SMARTS) is 1. The zero-order chi connectivity index (χ0) is 21.7. The quantitative estimate of drug-likeness (QED) is 0.649. The van der Waals surface area contributed by atoms with Gasteiger partial charge in [-0.2, -0.15) is 0 Å². The molecule has 3 aromatic rings. The molecule has 0 radical (unpaired) electrons. The number of hydrogen-bond acceptors (Lipinski definition) is 5. The van der Waals surface area contributed by atoms with Crippen LogP contribution in [0.2, 0.25) is 0 Å². The Labute approximate surface area is 167 Å². The molecular formula is C22H25NO6. The minimum absolute atomic E-state index is 0.134. The summed E-state index contributed by atoms with van der Waals surface area (Å²) in [4.78, 5) is 35.7. The summed E-state index contributed by atoms with van der Waals surface area (Å²) in [5.41, 5.74) is 2.97. The van der Waals surface area contributed by atoms with Gasteiger partial charge in [-0.05, 0) is 37.8 Å². The molecule has 2 heterocycles. The van der Waals surface area contributed by atoms with E-state index in [9.17, 15) is 14.4 Å². The number of rotatable bonds is 4. The zero-order valence-corrected chi connectivity index (χ0v) is 17.4. The Morgan fingerprint density at radius 3 is 2.38 bits per heavy atom. The fourth-order valence-electron chi connectivity index (χ4n) is 3.50. The number of nitrogens with one attached hydrogen (secondary N) is 1. The van der Waals surface area contributed by atoms with E-state index in [2.05, 4.69) is 26.1 Å². The van der Waals surface area contributed by atoms with E-state index in [0.717, 1.165) is 21.9 Å². The van der Waals surface area contributed by atoms with Crippen molar-refractivity contribution >= 4 is 33.8 Å². The van der Waals surface area contributed by atoms with Crippen LogP contribution in [-0.4, -0.2) is 23.0 Å². The molecule has 0 saturated carbocycles. The normalized spacial score (nSPS) is 13.0. The number of aryl methyl sites for hydroxylation is 2. The van der Waals surface area contributed by atoms with Gasteiger partial charge in [-0.15, -0.1) is 0 Å². The number of carbonyl (C=O) groups excluding carboxylic acids is 1. The van der Waals surface area contributed by atoms with Gasteiger partial charge in [0, 0.05) is 21.9 Å². The summed E-state index contributed by atoms with van der Waals surface area (Å²) < 4.78 is 11.3. The van der Waals surface area contributed by atoms with Crippen molar-refractivity contribution in [2.45, 2.75) is 59.4 Å². The molecule has 7 nitrogen and oxygen atoms in total. The van der Waals surface area contributed by atoms with Crippen molar-refractivity contribution in [1.82, 2.24) is 5.32 Å². The van der Waals surface area contributed by atoms with E-state index in [1.54, 1.807) is 13.2 Å². The molecule has 0 spiro atoms. The van der Waals surface area contributed by atoms with Crippen LogP contribution in [-0.2, 0) is 21.4 Å². The third kappa shape index (κ3) is 3.64. The molecule has 2 aromatic heterocycles. The number of aliphatic carboxylic acids is 1. The Morgan fingerprint density at radius 2 is 1.79 bits per heavy atom. The highest BCUT2D eigenvalue weighted by Gasteiger charge is 2.24. The first kappa shape index (κ1) is 20.6. The van der Waals surface area contributed by atoms with Crippen LogP contribution in [0.15, 0.2) is 26.0 Å². The standard InChI is InChI=1S/C22H25NO6/c1-10-13-7-15-16(22(4,5)6)9-28-18(15)11(2)19(13)29-21(27)14(10)8-17(24)23-12(3)20(25)26/h7,9,12H,8H2,1-6H3,(H,23,24)(H,25,26). The second-order valence-corrected chi connectivity index (χ2v) is 8.45. The molecule has 2 N–H and O–H groups in total. The van der Waals surface area contributed by atoms with Crippen LogP contribution in [0.25, 0.3) is 21.9 Å². The van der Waals surface area contributed by atoms with Gasteiger partial charge in [-0.3, -0.25) is 9.59 Å². The molecule has 0 aliphatic rings. The summed E-state index contributed by atoms with van der Waals surface area (Å²) in [5.74, 6) is -1.69. The molecule has 0 fully saturated rings. The van der Waals surface area contributed by atoms with Crippen molar-refractivity contribution in [3.8, 4) is 0 Å². The van der Waals surface area contributed by atoms with E-state index < -0.39 is 23.5 Å². The third-order valence-corrected chi connectivity index (χ3v) is 5.24. The summed E-state index contributed by atoms with van der Waals surface area (Å²) in [6.07, 6.45) is 1.47. The van der Waals surface area contributed by atoms with Gasteiger partial charge < -0.3 is 19.3 Å². The van der Waals surface area contributed by atoms with Crippen molar-refractivity contribution in [2.24, 2.45) is 0 Å². The number of carbonyl (C=O) groups is 2. The molecule has 0 bridgehead atoms. The molecule has 7 heteroatoms. The number of amides is 1. The third-order valence-electron chi connectivity index (χ3n) is 5.24. The minimum atomic E-state index is -1.15. The monoisotopic (exact) mass is 399 g/mol. The SMILES string of the molecule is Cc1c(CC(=O)NC(C)C(=O)O)c(=O)oc2c(C)c3occ(C(C)(C)C)c3cc12. The van der Waals surface area contributed by atoms with Gasteiger partial charge in [0.2, 0.25) is 5.91 Å². The molecular weight excluding hydrogens is 374 g/mol. The van der Waals surface area contributed by atoms with E-state index in [1.807, 2.05) is 13.0 Å². The molecule has 1 atom stereocenters. The zero-order valence-electron chi connectivity index (χ0n) is 17.4. The van der Waals surface area contributed by atoms with Crippen molar-refractivity contribution in [2.75, 3.05) is 0 Å². The van der Waals surface area contributed by atoms with Gasteiger partial charge in [-0.1, -0.05) is 20.8 Å². The Kier molecular flexibility index (Phi) is 5.03. The Morgan fingerprint density at radius 1 is 1.14 bits per heavy atom. The maximum absolute atomic E-state index is 12.6. The largest absolute Gasteiger partial charge is 0.480 e. The number of hydrogen-bond donors (Lipinski definition) is 2. The second kappa shape index (κ2) is 7.06. The van der Waals surface area contributed by atoms with Crippen LogP contribution >= 0.6 is 0 Å². The summed E-state index contributed by atoms with van der Waals surface area (Å²) in [7, 11) is 0. The fraction of sp³-hybridized carbons (Fsp3) is 0.409. The van der Waals surface area contributed by atoms with Crippen molar-refractivity contribution in [1.29, 1.82) is 0 Å². The number of fused-ring (bicyclic) bond motifs is 2. The van der Waals surface area contributed by atoms with E-state index >= 15 is 0 Å². The molecule has 1 unspecified atom stereocenters. The maximum Gasteiger partial charge on any atom is 0.340 e. The number of benzene rings is 1. The maximum atomic E-state index is 12.6. The molecule has 0 saturated heterocycles. The summed E-state index contributed by atoms with van der Waals surface area (Å²) in [6.45, 7) is 11.2. The van der Waals surface area contributed by atoms with Crippen LogP contribution in [0.4, 0.5) is 0 Å². The van der Waals surface area contributed by atoms with Crippen LogP contribution in [0.5, 0.6) is 0 Å². The predicted molar refractivity (Wildman–Crippen MR) is 109 cm³/mol. The first-order valence-electron chi connectivity index (χ1n) is 9.41. The lowest BCUT2D eigenvalue weighted by Crippen LogP contribution is -2.39. The van der Waals surface area contributed by atoms with Crippen molar-refractivity contribution in [3.05, 3.63) is 45.0 Å². The van der Waals surface area contributed by atoms with Gasteiger partial charge in [-0.25, -0.2) is 4.79 Å². The van der Waals surface area contributed by atoms with Gasteiger partial charge in [0.15, 0.2) is 0 Å². The van der Waals surface area contributed by atoms with Crippen LogP contribution in [0, 0.1) is 13.8 Å². The topological polar surface area (TPSA) is 110 Å². The Balaban J connectivity index is 2.17. The Bertz CT molecular complexity index is 1190. The lowest BCUT2D eigenvalue weighted by Gasteiger charge is -2.17. The average molecular weight is 399 g/mol. The van der Waals surface area contributed by atoms with Crippen LogP contribution in [0.3, 0.4) is 0 Å². The molecule has 0 aliphatic heterocycles. The molecule has 1 aromatic carbocycles. The first-order chi connectivity index (χ1) is 13.4. The Hall–Kier alpha value is -3.09. The number of carboxylic acids is 1. The van der Waals surface area contributed by atoms with Crippen LogP contribution < -0.4 is 10.9 Å². The van der Waals surface area contributed by atoms with Crippen LogP contribution in [0.1, 0.15) is 49.9 Å². The fourth-order valence-corrected chi connectivity index (χ4v) is 3.50. The molecule has 29 heavy (non-hydrogen) atoms. The van der Waals surface area contributed by atoms with Crippen molar-refractivity contribution < 1.29 is 23.5 Å². The highest BCUT2D eigenvalue weighted by Crippen LogP contribution is 2.37. The van der Waals surface area contributed by atoms with Gasteiger partial charge in [0.25, 0.3) is 0 Å². The van der Waals surface area contributed by atoms with Gasteiger partial charge >= 0.3 is 11.6 Å². The van der Waals surface area contributed by atoms with Gasteiger partial charge in [0.05, 0.1) is 18.2 Å². The van der Waals surface area contributed by atoms with Crippen molar-refractivity contribution in [3.63, 3.8) is 0 Å². The average Bonchev–Trinajstić information content (AvgIpc) is 3.04. The molecule has 1 amide bonds. The van der Waals surface area contributed by atoms with E-state index in [1.165, 1.54) is 6.92 Å². The smallest absolute Gasteiger partial charge is 0.340 e. The van der Waals surface area contributed by atoms with Gasteiger partial charge in [0.1, 0.15) is 17.2 Å². The summed E-state index contributed by atoms with van der Waals surface area (Å²) >= 11 is 0. The number of furan rings is 1. The first-order valence-corrected chi connectivity index (χ1v) is 9.41. The predicted octanol–water partition coefficient (Wildman–Crippen LogP) is 3.59. The van der Waals surface area contributed by atoms with E-state index in [0.29, 0.717) is 16.7 Å². The molecule has 0 aliphatic carbocycles. The lowest BCUT2D eigenvalue weighted by molar-refractivity contribution is -0.141. The summed E-state index contributed by atoms with van der Waals surface area (Å²) in [5, 5.41) is 13.0. The minimum Gasteiger partial charge on any atom is -0.480 e. The second-order valence-electron chi connectivity index (χ2n) is 8.45. The lowest BCUT2D eigenvalue weighted by atomic mass is 9.86. The molecule has 3 rings (SSSR count). The summed E-state index contributed by atoms with van der Waals surface area (Å²) in [6, 6.07) is 0.888. The highest BCUT2D eigenvalue weighted by molar-refractivity contribution is 6.00. The van der Waals surface area contributed by atoms with E-state index in [4.69, 9.17) is 13.9 Å². The van der Waals surface area contributed by atoms with E-state index in [-0.39, 0.29) is 17.4 Å². The molecule has 154 valence electrons.